The van der Waals surface area contributed by atoms with Crippen molar-refractivity contribution in [2.75, 3.05) is 39.6 Å². The minimum absolute atomic E-state index is 0.0665. The Morgan fingerprint density at radius 3 is 0.896 bits per heavy atom. The second-order valence-electron chi connectivity index (χ2n) is 24.1. The van der Waals surface area contributed by atoms with Crippen LogP contribution in [0.1, 0.15) is 285 Å². The summed E-state index contributed by atoms with van der Waals surface area (Å²) in [7, 11) is -9.97. The average Bonchev–Trinajstić information content (AvgIpc) is 1.14. The lowest BCUT2D eigenvalue weighted by molar-refractivity contribution is -0.161. The lowest BCUT2D eigenvalue weighted by Crippen LogP contribution is -2.30. The van der Waals surface area contributed by atoms with Gasteiger partial charge in [-0.15, -0.1) is 0 Å². The Balaban J connectivity index is 5.40. The lowest BCUT2D eigenvalue weighted by Gasteiger charge is -2.21. The molecule has 0 saturated carbocycles. The Bertz CT molecular complexity index is 2300. The maximum Gasteiger partial charge on any atom is 0.472 e. The molecule has 19 heteroatoms. The standard InChI is InChI=1S/C77H130O17P2/c1-5-9-13-17-21-25-29-33-35-39-41-45-49-53-57-61-74(79)87-67-72(93-76(81)63-59-55-51-47-43-37-31-27-23-19-15-11-7-3)69-91-95(83,84)89-65-71(78)66-90-96(85,86)92-70-73(94-77(82)64-60-56-52-48-44-38-32-28-24-20-16-12-8-4)68-88-75(80)62-58-54-50-46-42-40-36-34-30-26-22-18-14-10-6-2/h9,13,15-16,19-22,25-28,31-36,41,45,71-73,78H,5-8,10-12,14,17-18,23-24,29-30,37-40,42-44,46-70H2,1-4H3,(H,83,84)(H,85,86)/b13-9-,19-15-,20-16-,25-21-,26-22-,31-27-,32-28-,35-33-,36-34-,45-41-. The van der Waals surface area contributed by atoms with Crippen LogP contribution >= 0.6 is 15.6 Å². The topological polar surface area (TPSA) is 237 Å². The van der Waals surface area contributed by atoms with E-state index in [0.717, 1.165) is 186 Å². The highest BCUT2D eigenvalue weighted by atomic mass is 31.2. The minimum atomic E-state index is -4.99. The second-order valence-corrected chi connectivity index (χ2v) is 27.0. The molecule has 0 rings (SSSR count). The third-order valence-corrected chi connectivity index (χ3v) is 16.7. The highest BCUT2D eigenvalue weighted by Gasteiger charge is 2.30. The number of hydrogen-bond acceptors (Lipinski definition) is 15. The fourth-order valence-corrected chi connectivity index (χ4v) is 10.8. The van der Waals surface area contributed by atoms with Crippen LogP contribution < -0.4 is 0 Å². The van der Waals surface area contributed by atoms with Crippen LogP contribution in [0, 0.1) is 0 Å². The summed E-state index contributed by atoms with van der Waals surface area (Å²) in [6.07, 6.45) is 73.4. The van der Waals surface area contributed by atoms with Gasteiger partial charge in [0.05, 0.1) is 26.4 Å². The Labute approximate surface area is 581 Å². The van der Waals surface area contributed by atoms with Crippen molar-refractivity contribution in [1.29, 1.82) is 0 Å². The van der Waals surface area contributed by atoms with Gasteiger partial charge in [-0.25, -0.2) is 9.13 Å². The Morgan fingerprint density at radius 1 is 0.302 bits per heavy atom. The zero-order valence-corrected chi connectivity index (χ0v) is 61.5. The number of aliphatic hydroxyl groups excluding tert-OH is 1. The third kappa shape index (κ3) is 68.0. The van der Waals surface area contributed by atoms with E-state index in [2.05, 4.69) is 149 Å². The predicted octanol–water partition coefficient (Wildman–Crippen LogP) is 20.8. The molecule has 0 amide bonds. The molecule has 550 valence electrons. The molecule has 17 nitrogen and oxygen atoms in total. The van der Waals surface area contributed by atoms with Gasteiger partial charge in [-0.1, -0.05) is 233 Å². The molecule has 0 spiro atoms. The van der Waals surface area contributed by atoms with Gasteiger partial charge in [0, 0.05) is 25.7 Å². The third-order valence-electron chi connectivity index (χ3n) is 14.8. The van der Waals surface area contributed by atoms with E-state index in [4.69, 9.17) is 37.0 Å². The number of aliphatic hydroxyl groups is 1. The Hall–Kier alpha value is -4.54. The van der Waals surface area contributed by atoms with Gasteiger partial charge in [-0.05, 0) is 148 Å². The molecule has 0 aliphatic carbocycles. The second kappa shape index (κ2) is 69.0. The summed E-state index contributed by atoms with van der Waals surface area (Å²) in [4.78, 5) is 72.7. The normalized spacial score (nSPS) is 14.7. The molecule has 0 aromatic heterocycles. The predicted molar refractivity (Wildman–Crippen MR) is 390 cm³/mol. The molecular formula is C77H130O17P2. The molecule has 0 radical (unpaired) electrons. The molecule has 3 N–H and O–H groups in total. The molecule has 0 aromatic carbocycles. The summed E-state index contributed by atoms with van der Waals surface area (Å²) in [6.45, 7) is 4.49. The number of allylic oxidation sites excluding steroid dienone is 20. The van der Waals surface area contributed by atoms with Crippen LogP contribution in [0.25, 0.3) is 0 Å². The first-order valence-electron chi connectivity index (χ1n) is 36.8. The molecule has 96 heavy (non-hydrogen) atoms. The van der Waals surface area contributed by atoms with Crippen molar-refractivity contribution in [3.05, 3.63) is 122 Å². The van der Waals surface area contributed by atoms with Crippen molar-refractivity contribution >= 4 is 39.5 Å². The molecule has 0 heterocycles. The molecule has 0 saturated heterocycles. The van der Waals surface area contributed by atoms with E-state index < -0.39 is 97.5 Å². The zero-order chi connectivity index (χ0) is 70.4. The Kier molecular flexibility index (Phi) is 65.7. The van der Waals surface area contributed by atoms with E-state index in [1.54, 1.807) is 0 Å². The molecule has 0 fully saturated rings. The number of rotatable bonds is 68. The van der Waals surface area contributed by atoms with Crippen LogP contribution in [0.4, 0.5) is 0 Å². The average molecular weight is 1390 g/mol. The van der Waals surface area contributed by atoms with E-state index in [1.807, 2.05) is 0 Å². The number of carbonyl (C=O) groups is 4. The van der Waals surface area contributed by atoms with Crippen LogP contribution in [0.5, 0.6) is 0 Å². The molecule has 5 atom stereocenters. The van der Waals surface area contributed by atoms with Gasteiger partial charge in [0.1, 0.15) is 19.3 Å². The monoisotopic (exact) mass is 1390 g/mol. The molecule has 5 unspecified atom stereocenters. The van der Waals surface area contributed by atoms with Crippen molar-refractivity contribution in [1.82, 2.24) is 0 Å². The first-order valence-corrected chi connectivity index (χ1v) is 39.8. The smallest absolute Gasteiger partial charge is 0.462 e. The molecule has 0 aliphatic heterocycles. The fourth-order valence-electron chi connectivity index (χ4n) is 9.26. The van der Waals surface area contributed by atoms with Crippen LogP contribution in [0.2, 0.25) is 0 Å². The number of esters is 4. The molecule has 0 bridgehead atoms. The van der Waals surface area contributed by atoms with E-state index >= 15 is 0 Å². The first kappa shape index (κ1) is 91.5. The number of unbranched alkanes of at least 4 members (excludes halogenated alkanes) is 22. The fraction of sp³-hybridized carbons (Fsp3) is 0.688. The highest BCUT2D eigenvalue weighted by Crippen LogP contribution is 2.45. The van der Waals surface area contributed by atoms with Crippen molar-refractivity contribution in [2.24, 2.45) is 0 Å². The summed E-state index contributed by atoms with van der Waals surface area (Å²) in [5, 5.41) is 10.6. The van der Waals surface area contributed by atoms with E-state index in [1.165, 1.54) is 19.3 Å². The van der Waals surface area contributed by atoms with Gasteiger partial charge in [-0.2, -0.15) is 0 Å². The van der Waals surface area contributed by atoms with Gasteiger partial charge in [-0.3, -0.25) is 37.3 Å². The SMILES string of the molecule is CC/C=C\C/C=C\C/C=C\C/C=C\CCCCC(=O)OCC(COP(=O)(O)OCC(O)COP(=O)(O)OCC(COC(=O)CCCCCCC/C=C\C/C=C\CCCCC)OC(=O)CCCCCCC/C=C\C/C=C\CCC)OC(=O)CCCCCCC/C=C\C/C=C\CCC. The summed E-state index contributed by atoms with van der Waals surface area (Å²) in [6, 6.07) is 0. The van der Waals surface area contributed by atoms with Gasteiger partial charge < -0.3 is 33.8 Å². The highest BCUT2D eigenvalue weighted by molar-refractivity contribution is 7.47. The number of phosphoric acid groups is 2. The maximum atomic E-state index is 13.0. The van der Waals surface area contributed by atoms with E-state index in [0.29, 0.717) is 25.7 Å². The number of hydrogen-bond donors (Lipinski definition) is 3. The van der Waals surface area contributed by atoms with Gasteiger partial charge in [0.25, 0.3) is 0 Å². The van der Waals surface area contributed by atoms with Crippen LogP contribution in [0.3, 0.4) is 0 Å². The minimum Gasteiger partial charge on any atom is -0.462 e. The van der Waals surface area contributed by atoms with Gasteiger partial charge >= 0.3 is 39.5 Å². The van der Waals surface area contributed by atoms with Gasteiger partial charge in [0.15, 0.2) is 12.2 Å². The van der Waals surface area contributed by atoms with E-state index in [-0.39, 0.29) is 25.7 Å². The zero-order valence-electron chi connectivity index (χ0n) is 59.8. The maximum absolute atomic E-state index is 13.0. The largest absolute Gasteiger partial charge is 0.472 e. The summed E-state index contributed by atoms with van der Waals surface area (Å²) < 4.78 is 68.3. The van der Waals surface area contributed by atoms with Crippen molar-refractivity contribution in [2.45, 2.75) is 303 Å². The summed E-state index contributed by atoms with van der Waals surface area (Å²) in [5.41, 5.74) is 0. The number of ether oxygens (including phenoxy) is 4. The van der Waals surface area contributed by atoms with Gasteiger partial charge in [0.2, 0.25) is 0 Å². The van der Waals surface area contributed by atoms with Crippen LogP contribution in [-0.4, -0.2) is 96.7 Å². The van der Waals surface area contributed by atoms with Crippen molar-refractivity contribution < 1.29 is 80.2 Å². The lowest BCUT2D eigenvalue weighted by atomic mass is 10.1. The molecular weight excluding hydrogens is 1260 g/mol. The van der Waals surface area contributed by atoms with Crippen molar-refractivity contribution in [3.8, 4) is 0 Å². The van der Waals surface area contributed by atoms with Crippen molar-refractivity contribution in [3.63, 3.8) is 0 Å². The van der Waals surface area contributed by atoms with Crippen LogP contribution in [-0.2, 0) is 65.4 Å². The van der Waals surface area contributed by atoms with Crippen LogP contribution in [0.15, 0.2) is 122 Å². The summed E-state index contributed by atoms with van der Waals surface area (Å²) >= 11 is 0. The number of carbonyl (C=O) groups excluding carboxylic acids is 4. The molecule has 0 aliphatic rings. The van der Waals surface area contributed by atoms with E-state index in [9.17, 15) is 43.2 Å². The first-order chi connectivity index (χ1) is 46.7. The number of phosphoric ester groups is 2. The quantitative estimate of drug-likeness (QED) is 0.0169. The molecule has 0 aromatic rings. The summed E-state index contributed by atoms with van der Waals surface area (Å²) in [5.74, 6) is -2.27. The Morgan fingerprint density at radius 2 is 0.562 bits per heavy atom.